The van der Waals surface area contributed by atoms with Gasteiger partial charge in [-0.2, -0.15) is 0 Å². The van der Waals surface area contributed by atoms with E-state index in [4.69, 9.17) is 15.2 Å². The average molecular weight is 647 g/mol. The number of carbonyl (C=O) groups excluding carboxylic acids is 5. The van der Waals surface area contributed by atoms with Gasteiger partial charge in [-0.25, -0.2) is 18.0 Å². The summed E-state index contributed by atoms with van der Waals surface area (Å²) in [5.74, 6) is -3.47. The van der Waals surface area contributed by atoms with Crippen LogP contribution in [0.1, 0.15) is 45.7 Å². The van der Waals surface area contributed by atoms with Gasteiger partial charge in [0.15, 0.2) is 9.84 Å². The Balaban J connectivity index is 0.00000405. The second-order valence-corrected chi connectivity index (χ2v) is 15.8. The summed E-state index contributed by atoms with van der Waals surface area (Å²) in [6.45, 7) is 5.29. The summed E-state index contributed by atoms with van der Waals surface area (Å²) in [5, 5.41) is 10.4. The van der Waals surface area contributed by atoms with Gasteiger partial charge in [0.25, 0.3) is 0 Å². The summed E-state index contributed by atoms with van der Waals surface area (Å²) in [4.78, 5) is 65.9. The lowest BCUT2D eigenvalue weighted by Gasteiger charge is -2.44. The minimum Gasteiger partial charge on any atom is -0.508 e. The van der Waals surface area contributed by atoms with Crippen molar-refractivity contribution in [3.63, 3.8) is 0 Å². The van der Waals surface area contributed by atoms with E-state index in [2.05, 4.69) is 5.32 Å². The molecule has 4 heterocycles. The van der Waals surface area contributed by atoms with Crippen LogP contribution < -0.4 is 11.1 Å². The van der Waals surface area contributed by atoms with Gasteiger partial charge in [0.1, 0.15) is 40.7 Å². The van der Waals surface area contributed by atoms with Crippen LogP contribution in [0.2, 0.25) is 0 Å². The lowest BCUT2D eigenvalue weighted by molar-refractivity contribution is -0.181. The van der Waals surface area contributed by atoms with Crippen LogP contribution in [0.4, 0.5) is 0 Å². The number of nitrogens with one attached hydrogen (secondary N) is 1. The number of halogens is 1. The number of hydrogen-bond donors (Lipinski definition) is 3. The van der Waals surface area contributed by atoms with Crippen molar-refractivity contribution >= 4 is 63.7 Å². The number of thioether (sulfide) groups is 1. The van der Waals surface area contributed by atoms with Crippen molar-refractivity contribution in [3.8, 4) is 5.75 Å². The fourth-order valence-electron chi connectivity index (χ4n) is 5.72. The quantitative estimate of drug-likeness (QED) is 0.196. The van der Waals surface area contributed by atoms with Crippen molar-refractivity contribution in [1.29, 1.82) is 0 Å². The predicted octanol–water partition coefficient (Wildman–Crippen LogP) is -0.461. The zero-order valence-corrected chi connectivity index (χ0v) is 25.5. The van der Waals surface area contributed by atoms with Crippen LogP contribution in [-0.2, 0) is 43.3 Å². The number of ether oxygens (including phenoxy) is 2. The van der Waals surface area contributed by atoms with Gasteiger partial charge in [-0.3, -0.25) is 14.4 Å². The first-order valence-corrected chi connectivity index (χ1v) is 15.2. The Labute approximate surface area is 251 Å². The minimum atomic E-state index is -3.81. The normalized spacial score (nSPS) is 30.1. The number of amides is 3. The van der Waals surface area contributed by atoms with Gasteiger partial charge in [0.05, 0.1) is 11.2 Å². The molecule has 14 nitrogen and oxygen atoms in total. The Kier molecular flexibility index (Phi) is 8.02. The molecule has 230 valence electrons. The largest absolute Gasteiger partial charge is 0.508 e. The van der Waals surface area contributed by atoms with Gasteiger partial charge in [-0.05, 0) is 45.4 Å². The third-order valence-corrected chi connectivity index (χ3v) is 12.5. The molecule has 4 N–H and O–H groups in total. The van der Waals surface area contributed by atoms with Crippen molar-refractivity contribution < 1.29 is 47.0 Å². The number of esters is 2. The molecule has 3 amide bonds. The highest BCUT2D eigenvalue weighted by atomic mass is 35.5. The molecule has 5 rings (SSSR count). The Morgan fingerprint density at radius 3 is 2.21 bits per heavy atom. The van der Waals surface area contributed by atoms with Crippen LogP contribution >= 0.6 is 24.2 Å². The van der Waals surface area contributed by atoms with E-state index in [1.165, 1.54) is 54.8 Å². The van der Waals surface area contributed by atoms with E-state index in [-0.39, 0.29) is 24.6 Å². The third-order valence-electron chi connectivity index (χ3n) is 8.10. The molecule has 0 saturated carbocycles. The van der Waals surface area contributed by atoms with E-state index in [9.17, 15) is 37.5 Å². The van der Waals surface area contributed by atoms with Gasteiger partial charge in [-0.15, -0.1) is 24.2 Å². The lowest BCUT2D eigenvalue weighted by atomic mass is 9.95. The molecule has 4 saturated heterocycles. The van der Waals surface area contributed by atoms with Crippen molar-refractivity contribution in [2.75, 3.05) is 6.79 Å². The number of rotatable bonds is 7. The maximum atomic E-state index is 13.0. The summed E-state index contributed by atoms with van der Waals surface area (Å²) in [6, 6.07) is 1.30. The van der Waals surface area contributed by atoms with Crippen molar-refractivity contribution in [2.24, 2.45) is 5.73 Å². The number of phenolic OH excluding ortho intramolecular Hbond substituents is 1. The Bertz CT molecular complexity index is 1450. The van der Waals surface area contributed by atoms with Crippen LogP contribution in [0.25, 0.3) is 0 Å². The molecule has 0 bridgehead atoms. The highest BCUT2D eigenvalue weighted by Gasteiger charge is 2.68. The van der Waals surface area contributed by atoms with Gasteiger partial charge >= 0.3 is 11.9 Å². The van der Waals surface area contributed by atoms with Crippen molar-refractivity contribution in [1.82, 2.24) is 15.1 Å². The standard InChI is InChI=1S/C25H30N4O10S2.ClH/c1-24(2)17(22(34)38-10-39-23(35)18-25(3,4)41(36,37)14-9-13(31)28(14)18)29-20(33)16(21(29)40-24)27-19(32)15(26)11-5-7-12(30)8-6-11;/h5-8,14-18,21,30H,9-10,26H2,1-4H3,(H,27,32);1H/t14-,15?,16-,17+,18+,21-;/m1./s1. The summed E-state index contributed by atoms with van der Waals surface area (Å²) in [6.07, 6.45) is -0.200. The SMILES string of the molecule is CC1(C)S[C@@H]2[C@H](NC(=O)C(N)c3ccc(O)cc3)C(=O)N2[C@H]1C(=O)OCOC(=O)[C@@H]1N2C(=O)C[C@H]2S(=O)(=O)C1(C)C.Cl. The number of hydrogen-bond acceptors (Lipinski definition) is 12. The molecule has 0 aromatic heterocycles. The maximum Gasteiger partial charge on any atom is 0.333 e. The first-order chi connectivity index (χ1) is 19.0. The first-order valence-electron chi connectivity index (χ1n) is 12.7. The average Bonchev–Trinajstić information content (AvgIpc) is 3.22. The second kappa shape index (κ2) is 10.6. The maximum absolute atomic E-state index is 13.0. The zero-order valence-electron chi connectivity index (χ0n) is 23.0. The number of β-lactam (4-membered cyclic amide) rings is 2. The van der Waals surface area contributed by atoms with E-state index in [1.807, 2.05) is 0 Å². The van der Waals surface area contributed by atoms with E-state index >= 15 is 0 Å². The van der Waals surface area contributed by atoms with Crippen LogP contribution in [0.15, 0.2) is 24.3 Å². The number of nitrogens with zero attached hydrogens (tertiary/aromatic N) is 2. The molecular formula is C25H31ClN4O10S2. The molecule has 4 aliphatic rings. The van der Waals surface area contributed by atoms with Crippen molar-refractivity contribution in [2.45, 2.75) is 78.5 Å². The number of benzene rings is 1. The molecule has 17 heteroatoms. The molecule has 0 radical (unpaired) electrons. The fraction of sp³-hybridized carbons (Fsp3) is 0.560. The molecule has 6 atom stereocenters. The fourth-order valence-corrected chi connectivity index (χ4v) is 9.46. The predicted molar refractivity (Wildman–Crippen MR) is 149 cm³/mol. The molecule has 4 fully saturated rings. The van der Waals surface area contributed by atoms with Crippen LogP contribution in [0.3, 0.4) is 0 Å². The zero-order chi connectivity index (χ0) is 30.2. The van der Waals surface area contributed by atoms with Gasteiger partial charge in [0.2, 0.25) is 24.5 Å². The van der Waals surface area contributed by atoms with E-state index in [0.29, 0.717) is 5.56 Å². The second-order valence-electron chi connectivity index (χ2n) is 11.4. The number of phenols is 1. The molecule has 1 unspecified atom stereocenters. The molecule has 42 heavy (non-hydrogen) atoms. The summed E-state index contributed by atoms with van der Waals surface area (Å²) < 4.78 is 33.3. The summed E-state index contributed by atoms with van der Waals surface area (Å²) >= 11 is 1.28. The number of fused-ring (bicyclic) bond motifs is 2. The first kappa shape index (κ1) is 31.8. The summed E-state index contributed by atoms with van der Waals surface area (Å²) in [5.41, 5.74) is 6.45. The van der Waals surface area contributed by atoms with E-state index in [1.54, 1.807) is 13.8 Å². The third kappa shape index (κ3) is 4.68. The molecule has 0 aliphatic carbocycles. The molecule has 4 aliphatic heterocycles. The van der Waals surface area contributed by atoms with Crippen LogP contribution in [-0.4, -0.2) is 98.1 Å². The van der Waals surface area contributed by atoms with Crippen LogP contribution in [0.5, 0.6) is 5.75 Å². The lowest BCUT2D eigenvalue weighted by Crippen LogP contribution is -2.71. The number of aromatic hydroxyl groups is 1. The number of sulfone groups is 1. The molecule has 1 aromatic rings. The van der Waals surface area contributed by atoms with E-state index in [0.717, 1.165) is 4.90 Å². The number of carbonyl (C=O) groups is 5. The monoisotopic (exact) mass is 646 g/mol. The number of nitrogens with two attached hydrogens (primary N) is 1. The molecular weight excluding hydrogens is 616 g/mol. The highest BCUT2D eigenvalue weighted by Crippen LogP contribution is 2.51. The Hall–Kier alpha value is -3.08. The highest BCUT2D eigenvalue weighted by molar-refractivity contribution is 8.01. The Morgan fingerprint density at radius 1 is 1.07 bits per heavy atom. The molecule has 1 aromatic carbocycles. The van der Waals surface area contributed by atoms with Gasteiger partial charge in [-0.1, -0.05) is 12.1 Å². The smallest absolute Gasteiger partial charge is 0.333 e. The molecule has 0 spiro atoms. The van der Waals surface area contributed by atoms with Crippen molar-refractivity contribution in [3.05, 3.63) is 29.8 Å². The minimum absolute atomic E-state index is 0. The van der Waals surface area contributed by atoms with Gasteiger partial charge < -0.3 is 35.4 Å². The summed E-state index contributed by atoms with van der Waals surface area (Å²) in [7, 11) is -3.81. The van der Waals surface area contributed by atoms with Gasteiger partial charge in [0, 0.05) is 4.75 Å². The Morgan fingerprint density at radius 2 is 1.64 bits per heavy atom. The van der Waals surface area contributed by atoms with Crippen LogP contribution in [0, 0.1) is 0 Å². The van der Waals surface area contributed by atoms with E-state index < -0.39 is 90.7 Å². The topological polar surface area (TPSA) is 203 Å².